The van der Waals surface area contributed by atoms with Gasteiger partial charge in [-0.2, -0.15) is 0 Å². The Labute approximate surface area is 90.3 Å². The molecule has 2 amide bonds. The molecule has 15 heavy (non-hydrogen) atoms. The van der Waals surface area contributed by atoms with Crippen LogP contribution in [0.15, 0.2) is 12.2 Å². The van der Waals surface area contributed by atoms with Gasteiger partial charge in [0.15, 0.2) is 0 Å². The van der Waals surface area contributed by atoms with Crippen molar-refractivity contribution >= 4 is 11.8 Å². The molecule has 0 saturated heterocycles. The second kappa shape index (κ2) is 9.17. The van der Waals surface area contributed by atoms with Crippen molar-refractivity contribution in [2.45, 2.75) is 33.8 Å². The highest BCUT2D eigenvalue weighted by Gasteiger charge is 2.18. The zero-order valence-electron chi connectivity index (χ0n) is 8.63. The number of carbonyl (C=O) groups excluding carboxylic acids is 2. The van der Waals surface area contributed by atoms with Gasteiger partial charge in [-0.1, -0.05) is 14.0 Å². The first-order chi connectivity index (χ1) is 5.59. The van der Waals surface area contributed by atoms with Gasteiger partial charge in [-0.3, -0.25) is 9.59 Å². The lowest BCUT2D eigenvalue weighted by molar-refractivity contribution is -0.132. The van der Waals surface area contributed by atoms with Crippen molar-refractivity contribution in [3.63, 3.8) is 0 Å². The van der Waals surface area contributed by atoms with Crippen molar-refractivity contribution in [2.75, 3.05) is 0 Å². The summed E-state index contributed by atoms with van der Waals surface area (Å²) < 4.78 is 0. The minimum absolute atomic E-state index is 0. The smallest absolute Gasteiger partial charge is 0.248 e. The number of primary amides is 2. The van der Waals surface area contributed by atoms with Crippen molar-refractivity contribution in [1.82, 2.24) is 0 Å². The van der Waals surface area contributed by atoms with Crippen LogP contribution < -0.4 is 11.5 Å². The Morgan fingerprint density at radius 1 is 1.27 bits per heavy atom. The van der Waals surface area contributed by atoms with E-state index in [1.54, 1.807) is 6.92 Å². The number of hydrogen-bond acceptors (Lipinski definition) is 3. The molecule has 0 aliphatic carbocycles. The number of rotatable bonds is 2. The molecule has 0 aromatic heterocycles. The van der Waals surface area contributed by atoms with E-state index in [0.717, 1.165) is 0 Å². The van der Waals surface area contributed by atoms with Gasteiger partial charge in [0.05, 0.1) is 0 Å². The van der Waals surface area contributed by atoms with Gasteiger partial charge < -0.3 is 22.1 Å². The van der Waals surface area contributed by atoms with Crippen molar-refractivity contribution in [3.8, 4) is 0 Å². The molecule has 0 heterocycles. The first-order valence-corrected chi connectivity index (χ1v) is 3.56. The van der Waals surface area contributed by atoms with Gasteiger partial charge in [-0.25, -0.2) is 0 Å². The van der Waals surface area contributed by atoms with Crippen LogP contribution in [0.1, 0.15) is 28.2 Å². The van der Waals surface area contributed by atoms with Crippen LogP contribution >= 0.6 is 0 Å². The Morgan fingerprint density at radius 2 is 1.40 bits per heavy atom. The fraction of sp³-hybridized carbons (Fsp3) is 0.556. The predicted molar refractivity (Wildman–Crippen MR) is 59.8 cm³/mol. The topological polar surface area (TPSA) is 138 Å². The summed E-state index contributed by atoms with van der Waals surface area (Å²) >= 11 is 0. The molecule has 92 valence electrons. The van der Waals surface area contributed by atoms with Crippen molar-refractivity contribution in [1.29, 1.82) is 0 Å². The van der Waals surface area contributed by atoms with Gasteiger partial charge >= 0.3 is 0 Å². The quantitative estimate of drug-likeness (QED) is 0.522. The monoisotopic (exact) mass is 222 g/mol. The van der Waals surface area contributed by atoms with Crippen LogP contribution in [0.3, 0.4) is 0 Å². The summed E-state index contributed by atoms with van der Waals surface area (Å²) in [6.45, 7) is 7.54. The number of amides is 2. The molecule has 0 saturated carbocycles. The minimum atomic E-state index is -1.36. The van der Waals surface area contributed by atoms with Crippen molar-refractivity contribution in [2.24, 2.45) is 11.5 Å². The van der Waals surface area contributed by atoms with E-state index in [-0.39, 0.29) is 12.9 Å². The summed E-state index contributed by atoms with van der Waals surface area (Å²) in [5, 5.41) is 8.62. The van der Waals surface area contributed by atoms with E-state index in [1.807, 2.05) is 0 Å². The fourth-order valence-electron chi connectivity index (χ4n) is 0. The number of hydrogen-bond donors (Lipinski definition) is 3. The molecule has 0 aromatic rings. The highest BCUT2D eigenvalue weighted by molar-refractivity contribution is 5.90. The molecular weight excluding hydrogens is 200 g/mol. The zero-order chi connectivity index (χ0) is 11.2. The first kappa shape index (κ1) is 23.4. The maximum atomic E-state index is 9.99. The Balaban J connectivity index is -0.0000000718. The van der Waals surface area contributed by atoms with Crippen LogP contribution in [0.2, 0.25) is 0 Å². The number of nitrogens with two attached hydrogens (primary N) is 2. The van der Waals surface area contributed by atoms with Crippen LogP contribution in [-0.4, -0.2) is 28.0 Å². The molecule has 0 atom stereocenters. The zero-order valence-corrected chi connectivity index (χ0v) is 8.63. The van der Waals surface area contributed by atoms with Crippen LogP contribution in [0.4, 0.5) is 0 Å². The third kappa shape index (κ3) is 19.1. The van der Waals surface area contributed by atoms with Crippen LogP contribution in [0.5, 0.6) is 0 Å². The summed E-state index contributed by atoms with van der Waals surface area (Å²) in [7, 11) is 0. The highest BCUT2D eigenvalue weighted by Crippen LogP contribution is 1.95. The van der Waals surface area contributed by atoms with Gasteiger partial charge in [0, 0.05) is 5.57 Å². The second-order valence-corrected chi connectivity index (χ2v) is 3.07. The molecule has 0 rings (SSSR count). The van der Waals surface area contributed by atoms with Crippen LogP contribution in [-0.2, 0) is 9.59 Å². The van der Waals surface area contributed by atoms with E-state index in [4.69, 9.17) is 10.8 Å². The molecule has 6 heteroatoms. The summed E-state index contributed by atoms with van der Waals surface area (Å²) in [4.78, 5) is 19.8. The third-order valence-corrected chi connectivity index (χ3v) is 1.02. The molecular formula is C9H22N2O4. The fourth-order valence-corrected chi connectivity index (χ4v) is 0. The molecule has 0 aliphatic heterocycles. The molecule has 0 spiro atoms. The Bertz CT molecular complexity index is 207. The lowest BCUT2D eigenvalue weighted by Gasteiger charge is -2.09. The van der Waals surface area contributed by atoms with Gasteiger partial charge in [0.25, 0.3) is 0 Å². The molecule has 0 bridgehead atoms. The largest absolute Gasteiger partial charge is 0.412 e. The summed E-state index contributed by atoms with van der Waals surface area (Å²) in [6.07, 6.45) is 0. The SMILES string of the molecule is C.C=C(C)C(N)=O.CC(C)(O)C(N)=O.O. The van der Waals surface area contributed by atoms with Crippen molar-refractivity contribution < 1.29 is 20.2 Å². The summed E-state index contributed by atoms with van der Waals surface area (Å²) in [5.41, 5.74) is 8.41. The first-order valence-electron chi connectivity index (χ1n) is 3.56. The summed E-state index contributed by atoms with van der Waals surface area (Å²) in [6, 6.07) is 0. The lowest BCUT2D eigenvalue weighted by atomic mass is 10.1. The van der Waals surface area contributed by atoms with E-state index >= 15 is 0 Å². The molecule has 0 unspecified atom stereocenters. The average Bonchev–Trinajstić information content (AvgIpc) is 1.86. The Hall–Kier alpha value is -1.40. The van der Waals surface area contributed by atoms with E-state index in [9.17, 15) is 9.59 Å². The van der Waals surface area contributed by atoms with E-state index in [2.05, 4.69) is 12.3 Å². The van der Waals surface area contributed by atoms with Crippen LogP contribution in [0.25, 0.3) is 0 Å². The van der Waals surface area contributed by atoms with E-state index in [1.165, 1.54) is 13.8 Å². The van der Waals surface area contributed by atoms with Gasteiger partial charge in [-0.05, 0) is 20.8 Å². The third-order valence-electron chi connectivity index (χ3n) is 1.02. The molecule has 0 aliphatic rings. The molecule has 0 aromatic carbocycles. The number of aliphatic hydroxyl groups is 1. The number of carbonyl (C=O) groups is 2. The maximum absolute atomic E-state index is 9.99. The van der Waals surface area contributed by atoms with Gasteiger partial charge in [0.1, 0.15) is 5.60 Å². The highest BCUT2D eigenvalue weighted by atomic mass is 16.3. The lowest BCUT2D eigenvalue weighted by Crippen LogP contribution is -2.37. The minimum Gasteiger partial charge on any atom is -0.412 e. The molecule has 7 N–H and O–H groups in total. The predicted octanol–water partition coefficient (Wildman–Crippen LogP) is -0.898. The van der Waals surface area contributed by atoms with Crippen LogP contribution in [0, 0.1) is 0 Å². The second-order valence-electron chi connectivity index (χ2n) is 3.07. The standard InChI is InChI=1S/C4H9NO2.C4H7NO.CH4.H2O/c1-4(2,7)3(5)6;1-3(2)4(5)6;;/h7H,1-2H3,(H2,5,6);1H2,2H3,(H2,5,6);1H4;1H2. The van der Waals surface area contributed by atoms with Gasteiger partial charge in [0.2, 0.25) is 11.8 Å². The average molecular weight is 222 g/mol. The van der Waals surface area contributed by atoms with Gasteiger partial charge in [-0.15, -0.1) is 0 Å². The Morgan fingerprint density at radius 3 is 1.40 bits per heavy atom. The normalized spacial score (nSPS) is 8.27. The molecule has 0 fully saturated rings. The molecule has 6 nitrogen and oxygen atoms in total. The Kier molecular flexibility index (Phi) is 14.3. The maximum Gasteiger partial charge on any atom is 0.248 e. The van der Waals surface area contributed by atoms with Crippen molar-refractivity contribution in [3.05, 3.63) is 12.2 Å². The van der Waals surface area contributed by atoms with E-state index in [0.29, 0.717) is 5.57 Å². The molecule has 0 radical (unpaired) electrons. The summed E-state index contributed by atoms with van der Waals surface area (Å²) in [5.74, 6) is -1.14. The van der Waals surface area contributed by atoms with E-state index < -0.39 is 17.4 Å².